The molecule has 0 aromatic carbocycles. The number of rotatable bonds is 9. The van der Waals surface area contributed by atoms with Crippen molar-refractivity contribution in [2.45, 2.75) is 89.8 Å². The van der Waals surface area contributed by atoms with E-state index in [1.165, 1.54) is 5.06 Å². The fourth-order valence-electron chi connectivity index (χ4n) is 5.09. The van der Waals surface area contributed by atoms with Crippen LogP contribution in [0.5, 0.6) is 0 Å². The molecule has 2 N–H and O–H groups in total. The van der Waals surface area contributed by atoms with E-state index < -0.39 is 20.9 Å². The molecular weight excluding hydrogens is 436 g/mol. The number of piperidine rings is 1. The lowest BCUT2D eigenvalue weighted by Crippen LogP contribution is -2.63. The van der Waals surface area contributed by atoms with Crippen molar-refractivity contribution in [3.8, 4) is 0 Å². The van der Waals surface area contributed by atoms with E-state index in [1.807, 2.05) is 34.0 Å². The van der Waals surface area contributed by atoms with Crippen LogP contribution in [-0.4, -0.2) is 71.0 Å². The second-order valence-corrected chi connectivity index (χ2v) is 13.7. The van der Waals surface area contributed by atoms with Crippen molar-refractivity contribution < 1.29 is 23.2 Å². The van der Waals surface area contributed by atoms with Crippen molar-refractivity contribution >= 4 is 33.3 Å². The number of carbonyl (C=O) groups excluding carboxylic acids is 2. The highest BCUT2D eigenvalue weighted by Gasteiger charge is 2.45. The van der Waals surface area contributed by atoms with E-state index in [1.54, 1.807) is 11.8 Å². The quantitative estimate of drug-likeness (QED) is 0.527. The van der Waals surface area contributed by atoms with Crippen molar-refractivity contribution in [2.75, 3.05) is 23.5 Å². The molecule has 2 rings (SSSR count). The highest BCUT2D eigenvalue weighted by Crippen LogP contribution is 2.37. The van der Waals surface area contributed by atoms with Gasteiger partial charge >= 0.3 is 0 Å². The Morgan fingerprint density at radius 1 is 1.10 bits per heavy atom. The normalized spacial score (nSPS) is 25.1. The van der Waals surface area contributed by atoms with Crippen molar-refractivity contribution in [1.82, 2.24) is 10.4 Å². The Balaban J connectivity index is 1.95. The van der Waals surface area contributed by atoms with Crippen LogP contribution in [0.4, 0.5) is 0 Å². The number of sulfone groups is 1. The topological polar surface area (TPSA) is 104 Å². The predicted octanol–water partition coefficient (Wildman–Crippen LogP) is 3.06. The summed E-state index contributed by atoms with van der Waals surface area (Å²) >= 11 is 1.68. The van der Waals surface area contributed by atoms with Crippen molar-refractivity contribution in [1.29, 1.82) is 0 Å². The van der Waals surface area contributed by atoms with Gasteiger partial charge in [0.1, 0.15) is 15.6 Å². The third-order valence-electron chi connectivity index (χ3n) is 6.78. The Morgan fingerprint density at radius 2 is 1.65 bits per heavy atom. The summed E-state index contributed by atoms with van der Waals surface area (Å²) in [6.07, 6.45) is 5.67. The lowest BCUT2D eigenvalue weighted by Gasteiger charge is -2.51. The second kappa shape index (κ2) is 10.5. The summed E-state index contributed by atoms with van der Waals surface area (Å²) in [5.41, 5.74) is -0.877. The van der Waals surface area contributed by atoms with Gasteiger partial charge < -0.3 is 10.5 Å². The Labute approximate surface area is 192 Å². The Morgan fingerprint density at radius 3 is 2.16 bits per heavy atom. The zero-order chi connectivity index (χ0) is 23.4. The summed E-state index contributed by atoms with van der Waals surface area (Å²) in [6, 6.07) is -0.0306. The van der Waals surface area contributed by atoms with Gasteiger partial charge in [0.2, 0.25) is 5.91 Å². The molecule has 0 aromatic rings. The van der Waals surface area contributed by atoms with Gasteiger partial charge in [0.25, 0.3) is 0 Å². The summed E-state index contributed by atoms with van der Waals surface area (Å²) in [5.74, 6) is 0.679. The molecule has 2 fully saturated rings. The van der Waals surface area contributed by atoms with Gasteiger partial charge in [-0.25, -0.2) is 8.42 Å². The maximum Gasteiger partial charge on any atom is 0.223 e. The molecule has 0 aliphatic carbocycles. The lowest BCUT2D eigenvalue weighted by molar-refractivity contribution is -0.246. The number of thioether (sulfide) groups is 1. The zero-order valence-electron chi connectivity index (χ0n) is 19.6. The molecule has 1 unspecified atom stereocenters. The van der Waals surface area contributed by atoms with Crippen molar-refractivity contribution in [2.24, 2.45) is 11.8 Å². The van der Waals surface area contributed by atoms with E-state index in [4.69, 9.17) is 0 Å². The van der Waals surface area contributed by atoms with E-state index in [-0.39, 0.29) is 41.1 Å². The highest BCUT2D eigenvalue weighted by molar-refractivity contribution is 7.98. The molecule has 2 aliphatic heterocycles. The molecular formula is C22H40N2O5S2. The number of carbonyl (C=O) groups is 2. The van der Waals surface area contributed by atoms with Crippen LogP contribution in [0.3, 0.4) is 0 Å². The molecule has 1 amide bonds. The number of nitrogens with one attached hydrogen (secondary N) is 1. The number of hydrogen-bond donors (Lipinski definition) is 2. The zero-order valence-corrected chi connectivity index (χ0v) is 21.3. The van der Waals surface area contributed by atoms with Gasteiger partial charge in [0.15, 0.2) is 0 Å². The SMILES string of the molecule is CSCCC(CCC(=O)C1CCS(=O)(=O)CC1)C(=O)NC1CC(C)(C)N(O)C(C)(C)C1. The molecule has 180 valence electrons. The first-order valence-electron chi connectivity index (χ1n) is 11.3. The Kier molecular flexibility index (Phi) is 9.04. The summed E-state index contributed by atoms with van der Waals surface area (Å²) in [7, 11) is -2.99. The Hall–Kier alpha value is -0.640. The minimum Gasteiger partial charge on any atom is -0.353 e. The first-order chi connectivity index (χ1) is 14.3. The molecule has 2 aliphatic rings. The summed E-state index contributed by atoms with van der Waals surface area (Å²) in [6.45, 7) is 7.89. The van der Waals surface area contributed by atoms with Crippen LogP contribution in [0.15, 0.2) is 0 Å². The van der Waals surface area contributed by atoms with Crippen LogP contribution < -0.4 is 5.32 Å². The molecule has 0 radical (unpaired) electrons. The average Bonchev–Trinajstić information content (AvgIpc) is 2.65. The van der Waals surface area contributed by atoms with Crippen LogP contribution in [0.2, 0.25) is 0 Å². The minimum atomic E-state index is -2.99. The summed E-state index contributed by atoms with van der Waals surface area (Å²) in [4.78, 5) is 25.7. The average molecular weight is 477 g/mol. The lowest BCUT2D eigenvalue weighted by atomic mass is 9.78. The molecule has 2 saturated heterocycles. The predicted molar refractivity (Wildman–Crippen MR) is 125 cm³/mol. The Bertz CT molecular complexity index is 719. The van der Waals surface area contributed by atoms with Crippen LogP contribution in [0, 0.1) is 11.8 Å². The van der Waals surface area contributed by atoms with E-state index in [0.717, 1.165) is 5.75 Å². The third kappa shape index (κ3) is 7.44. The minimum absolute atomic E-state index is 0.0175. The van der Waals surface area contributed by atoms with E-state index >= 15 is 0 Å². The van der Waals surface area contributed by atoms with Crippen molar-refractivity contribution in [3.05, 3.63) is 0 Å². The van der Waals surface area contributed by atoms with Gasteiger partial charge in [-0.15, -0.1) is 0 Å². The van der Waals surface area contributed by atoms with Gasteiger partial charge in [0, 0.05) is 35.4 Å². The molecule has 31 heavy (non-hydrogen) atoms. The number of amides is 1. The second-order valence-electron chi connectivity index (χ2n) is 10.5. The molecule has 0 aromatic heterocycles. The largest absolute Gasteiger partial charge is 0.353 e. The maximum absolute atomic E-state index is 13.1. The standard InChI is InChI=1S/C22H40N2O5S2/c1-21(2)14-18(15-22(3,4)24(21)27)23-20(26)17(8-11-30-5)6-7-19(25)16-9-12-31(28,29)13-10-16/h16-18,27H,6-15H2,1-5H3,(H,23,26). The fraction of sp³-hybridized carbons (Fsp3) is 0.909. The molecule has 7 nitrogen and oxygen atoms in total. The van der Waals surface area contributed by atoms with Gasteiger partial charge in [-0.1, -0.05) is 0 Å². The molecule has 1 atom stereocenters. The smallest absolute Gasteiger partial charge is 0.223 e. The summed E-state index contributed by atoms with van der Waals surface area (Å²) in [5, 5.41) is 15.1. The number of nitrogens with zero attached hydrogens (tertiary/aromatic N) is 1. The molecule has 9 heteroatoms. The van der Waals surface area contributed by atoms with E-state index in [2.05, 4.69) is 5.32 Å². The van der Waals surface area contributed by atoms with Gasteiger partial charge in [-0.2, -0.15) is 16.8 Å². The van der Waals surface area contributed by atoms with Gasteiger partial charge in [0.05, 0.1) is 11.5 Å². The number of ketones is 1. The van der Waals surface area contributed by atoms with Crippen LogP contribution >= 0.6 is 11.8 Å². The molecule has 2 heterocycles. The molecule has 0 saturated carbocycles. The summed E-state index contributed by atoms with van der Waals surface area (Å²) < 4.78 is 23.2. The third-order valence-corrected chi connectivity index (χ3v) is 9.13. The number of Topliss-reactive ketones (excluding diaryl/α,β-unsaturated/α-hetero) is 1. The first-order valence-corrected chi connectivity index (χ1v) is 14.5. The monoisotopic (exact) mass is 476 g/mol. The fourth-order valence-corrected chi connectivity index (χ4v) is 7.10. The molecule has 0 bridgehead atoms. The van der Waals surface area contributed by atoms with Crippen LogP contribution in [0.1, 0.15) is 72.6 Å². The first kappa shape index (κ1) is 26.6. The van der Waals surface area contributed by atoms with Gasteiger partial charge in [-0.3, -0.25) is 9.59 Å². The highest BCUT2D eigenvalue weighted by atomic mass is 32.2. The van der Waals surface area contributed by atoms with Crippen LogP contribution in [-0.2, 0) is 19.4 Å². The van der Waals surface area contributed by atoms with E-state index in [0.29, 0.717) is 44.9 Å². The van der Waals surface area contributed by atoms with Crippen LogP contribution in [0.25, 0.3) is 0 Å². The number of hydroxylamine groups is 2. The number of hydrogen-bond acceptors (Lipinski definition) is 7. The molecule has 0 spiro atoms. The van der Waals surface area contributed by atoms with Gasteiger partial charge in [-0.05, 0) is 78.2 Å². The van der Waals surface area contributed by atoms with E-state index in [9.17, 15) is 23.2 Å². The maximum atomic E-state index is 13.1. The van der Waals surface area contributed by atoms with Crippen molar-refractivity contribution in [3.63, 3.8) is 0 Å².